The summed E-state index contributed by atoms with van der Waals surface area (Å²) < 4.78 is 5.41. The Morgan fingerprint density at radius 2 is 2.14 bits per heavy atom. The molecule has 0 amide bonds. The van der Waals surface area contributed by atoms with Crippen molar-refractivity contribution in [3.63, 3.8) is 0 Å². The maximum Gasteiger partial charge on any atom is 0.169 e. The molecule has 0 unspecified atom stereocenters. The second-order valence-electron chi connectivity index (χ2n) is 6.40. The minimum Gasteiger partial charge on any atom is -0.496 e. The van der Waals surface area contributed by atoms with Crippen LogP contribution in [-0.2, 0) is 6.54 Å². The Labute approximate surface area is 132 Å². The average molecular weight is 304 g/mol. The van der Waals surface area contributed by atoms with E-state index in [4.69, 9.17) is 17.0 Å². The van der Waals surface area contributed by atoms with Crippen molar-refractivity contribution in [3.8, 4) is 5.75 Å². The fourth-order valence-electron chi connectivity index (χ4n) is 3.85. The number of fused-ring (bicyclic) bond motifs is 2. The number of hydrogen-bond acceptors (Lipinski definition) is 2. The van der Waals surface area contributed by atoms with Crippen molar-refractivity contribution in [1.82, 2.24) is 10.2 Å². The molecule has 2 aliphatic carbocycles. The Morgan fingerprint density at radius 1 is 1.33 bits per heavy atom. The number of para-hydroxylation sites is 1. The predicted octanol–water partition coefficient (Wildman–Crippen LogP) is 3.19. The van der Waals surface area contributed by atoms with Gasteiger partial charge < -0.3 is 15.0 Å². The second-order valence-corrected chi connectivity index (χ2v) is 6.79. The number of hydrogen-bond donors (Lipinski definition) is 1. The van der Waals surface area contributed by atoms with Gasteiger partial charge in [-0.05, 0) is 49.4 Å². The summed E-state index contributed by atoms with van der Waals surface area (Å²) in [5, 5.41) is 4.44. The maximum absolute atomic E-state index is 5.58. The molecular formula is C17H24N2OS. The molecule has 2 fully saturated rings. The molecule has 2 saturated carbocycles. The number of thiocarbonyl (C=S) groups is 1. The third-order valence-electron chi connectivity index (χ3n) is 4.99. The van der Waals surface area contributed by atoms with E-state index in [9.17, 15) is 0 Å². The molecule has 2 aliphatic rings. The summed E-state index contributed by atoms with van der Waals surface area (Å²) in [5.74, 6) is 2.70. The Bertz CT molecular complexity index is 519. The third kappa shape index (κ3) is 3.15. The Balaban J connectivity index is 1.57. The molecule has 0 saturated heterocycles. The zero-order chi connectivity index (χ0) is 14.8. The summed E-state index contributed by atoms with van der Waals surface area (Å²) in [5.41, 5.74) is 1.17. The van der Waals surface area contributed by atoms with Gasteiger partial charge in [-0.2, -0.15) is 0 Å². The normalized spacial score (nSPS) is 26.7. The average Bonchev–Trinajstić information content (AvgIpc) is 3.10. The molecule has 0 spiro atoms. The number of ether oxygens (including phenoxy) is 1. The first-order chi connectivity index (χ1) is 10.2. The number of nitrogens with one attached hydrogen (secondary N) is 1. The standard InChI is InChI=1S/C17H24N2OS/c1-19(11-14-5-3-4-6-16(14)20-2)17(21)18-15-10-12-7-8-13(15)9-12/h3-6,12-13,15H,7-11H2,1-2H3,(H,18,21)/t12-,13-,15-/m0/s1. The number of methoxy groups -OCH3 is 1. The van der Waals surface area contributed by atoms with E-state index >= 15 is 0 Å². The van der Waals surface area contributed by atoms with Crippen LogP contribution in [0.25, 0.3) is 0 Å². The molecule has 0 aromatic heterocycles. The molecule has 1 aromatic carbocycles. The van der Waals surface area contributed by atoms with Crippen LogP contribution in [0.2, 0.25) is 0 Å². The smallest absolute Gasteiger partial charge is 0.169 e. The topological polar surface area (TPSA) is 24.5 Å². The third-order valence-corrected chi connectivity index (χ3v) is 5.42. The van der Waals surface area contributed by atoms with Gasteiger partial charge in [-0.1, -0.05) is 24.6 Å². The second kappa shape index (κ2) is 6.22. The van der Waals surface area contributed by atoms with Gasteiger partial charge in [-0.3, -0.25) is 0 Å². The fraction of sp³-hybridized carbons (Fsp3) is 0.588. The lowest BCUT2D eigenvalue weighted by atomic mass is 9.95. The van der Waals surface area contributed by atoms with Crippen LogP contribution in [-0.4, -0.2) is 30.2 Å². The van der Waals surface area contributed by atoms with Crippen LogP contribution in [0.3, 0.4) is 0 Å². The van der Waals surface area contributed by atoms with Gasteiger partial charge in [0.25, 0.3) is 0 Å². The molecule has 3 atom stereocenters. The number of rotatable bonds is 4. The molecule has 114 valence electrons. The van der Waals surface area contributed by atoms with E-state index in [2.05, 4.69) is 23.3 Å². The van der Waals surface area contributed by atoms with Crippen molar-refractivity contribution >= 4 is 17.3 Å². The van der Waals surface area contributed by atoms with Crippen LogP contribution >= 0.6 is 12.2 Å². The molecule has 1 aromatic rings. The van der Waals surface area contributed by atoms with Crippen molar-refractivity contribution in [2.24, 2.45) is 11.8 Å². The van der Waals surface area contributed by atoms with Gasteiger partial charge in [0.1, 0.15) is 5.75 Å². The Kier molecular flexibility index (Phi) is 4.34. The van der Waals surface area contributed by atoms with Crippen molar-refractivity contribution in [1.29, 1.82) is 0 Å². The molecule has 1 N–H and O–H groups in total. The highest BCUT2D eigenvalue weighted by atomic mass is 32.1. The predicted molar refractivity (Wildman–Crippen MR) is 89.4 cm³/mol. The molecule has 3 nitrogen and oxygen atoms in total. The maximum atomic E-state index is 5.58. The SMILES string of the molecule is COc1ccccc1CN(C)C(=S)N[C@H]1C[C@H]2CC[C@H]1C2. The minimum absolute atomic E-state index is 0.594. The highest BCUT2D eigenvalue weighted by Gasteiger charge is 2.39. The van der Waals surface area contributed by atoms with E-state index in [1.807, 2.05) is 18.2 Å². The van der Waals surface area contributed by atoms with Crippen molar-refractivity contribution < 1.29 is 4.74 Å². The van der Waals surface area contributed by atoms with Gasteiger partial charge in [-0.15, -0.1) is 0 Å². The van der Waals surface area contributed by atoms with Gasteiger partial charge in [0.15, 0.2) is 5.11 Å². The van der Waals surface area contributed by atoms with E-state index in [-0.39, 0.29) is 0 Å². The van der Waals surface area contributed by atoms with Crippen LogP contribution in [0.15, 0.2) is 24.3 Å². The van der Waals surface area contributed by atoms with Gasteiger partial charge >= 0.3 is 0 Å². The molecular weight excluding hydrogens is 280 g/mol. The summed E-state index contributed by atoms with van der Waals surface area (Å²) in [6, 6.07) is 8.72. The summed E-state index contributed by atoms with van der Waals surface area (Å²) in [7, 11) is 3.76. The summed E-state index contributed by atoms with van der Waals surface area (Å²) >= 11 is 5.58. The molecule has 0 radical (unpaired) electrons. The lowest BCUT2D eigenvalue weighted by Gasteiger charge is -2.29. The first-order valence-corrected chi connectivity index (χ1v) is 8.21. The van der Waals surface area contributed by atoms with Gasteiger partial charge in [0, 0.05) is 25.2 Å². The zero-order valence-electron chi connectivity index (χ0n) is 12.8. The van der Waals surface area contributed by atoms with Crippen LogP contribution in [0.1, 0.15) is 31.2 Å². The molecule has 0 aliphatic heterocycles. The molecule has 3 rings (SSSR count). The Morgan fingerprint density at radius 3 is 2.81 bits per heavy atom. The number of benzene rings is 1. The molecule has 0 heterocycles. The van der Waals surface area contributed by atoms with Crippen molar-refractivity contribution in [2.75, 3.05) is 14.2 Å². The van der Waals surface area contributed by atoms with E-state index < -0.39 is 0 Å². The monoisotopic (exact) mass is 304 g/mol. The fourth-order valence-corrected chi connectivity index (χ4v) is 4.07. The van der Waals surface area contributed by atoms with Crippen LogP contribution in [0.5, 0.6) is 5.75 Å². The van der Waals surface area contributed by atoms with Crippen molar-refractivity contribution in [2.45, 2.75) is 38.3 Å². The van der Waals surface area contributed by atoms with E-state index in [0.717, 1.165) is 29.2 Å². The Hall–Kier alpha value is -1.29. The largest absolute Gasteiger partial charge is 0.496 e. The first-order valence-electron chi connectivity index (χ1n) is 7.81. The van der Waals surface area contributed by atoms with Crippen LogP contribution in [0, 0.1) is 11.8 Å². The number of nitrogens with zero attached hydrogens (tertiary/aromatic N) is 1. The molecule has 2 bridgehead atoms. The van der Waals surface area contributed by atoms with Crippen LogP contribution < -0.4 is 10.1 Å². The van der Waals surface area contributed by atoms with E-state index in [1.54, 1.807) is 7.11 Å². The van der Waals surface area contributed by atoms with Crippen LogP contribution in [0.4, 0.5) is 0 Å². The highest BCUT2D eigenvalue weighted by molar-refractivity contribution is 7.80. The molecule has 4 heteroatoms. The summed E-state index contributed by atoms with van der Waals surface area (Å²) in [6.07, 6.45) is 5.50. The van der Waals surface area contributed by atoms with E-state index in [1.165, 1.54) is 31.2 Å². The zero-order valence-corrected chi connectivity index (χ0v) is 13.7. The summed E-state index contributed by atoms with van der Waals surface area (Å²) in [6.45, 7) is 0.774. The quantitative estimate of drug-likeness (QED) is 0.864. The van der Waals surface area contributed by atoms with Gasteiger partial charge in [-0.25, -0.2) is 0 Å². The van der Waals surface area contributed by atoms with Gasteiger partial charge in [0.2, 0.25) is 0 Å². The lowest BCUT2D eigenvalue weighted by molar-refractivity contribution is 0.368. The summed E-state index contributed by atoms with van der Waals surface area (Å²) in [4.78, 5) is 2.11. The van der Waals surface area contributed by atoms with Gasteiger partial charge in [0.05, 0.1) is 7.11 Å². The minimum atomic E-state index is 0.594. The van der Waals surface area contributed by atoms with Crippen molar-refractivity contribution in [3.05, 3.63) is 29.8 Å². The lowest BCUT2D eigenvalue weighted by Crippen LogP contribution is -2.44. The molecule has 21 heavy (non-hydrogen) atoms. The van der Waals surface area contributed by atoms with E-state index in [0.29, 0.717) is 6.04 Å². The first kappa shape index (κ1) is 14.6. The highest BCUT2D eigenvalue weighted by Crippen LogP contribution is 2.44.